The zero-order valence-corrected chi connectivity index (χ0v) is 13.9. The molecule has 0 saturated carbocycles. The molecule has 0 unspecified atom stereocenters. The number of benzene rings is 4. The Kier molecular flexibility index (Phi) is 2.79. The molecule has 0 aliphatic carbocycles. The SMILES string of the molecule is Fc1oc2cc3ccc4c5cc6c(F)c(F)oc6cc5ccc4c3cc2c1F. The van der Waals surface area contributed by atoms with Crippen LogP contribution in [0.15, 0.2) is 57.4 Å². The molecular weight excluding hydrogens is 372 g/mol. The van der Waals surface area contributed by atoms with E-state index in [0.29, 0.717) is 10.8 Å². The largest absolute Gasteiger partial charge is 0.429 e. The first-order valence-corrected chi connectivity index (χ1v) is 8.45. The fourth-order valence-corrected chi connectivity index (χ4v) is 3.94. The van der Waals surface area contributed by atoms with Crippen LogP contribution in [-0.2, 0) is 0 Å². The Morgan fingerprint density at radius 3 is 1.32 bits per heavy atom. The van der Waals surface area contributed by atoms with Gasteiger partial charge in [-0.15, -0.1) is 0 Å². The highest BCUT2D eigenvalue weighted by atomic mass is 19.2. The van der Waals surface area contributed by atoms with Gasteiger partial charge in [-0.1, -0.05) is 24.3 Å². The summed E-state index contributed by atoms with van der Waals surface area (Å²) in [6.07, 6.45) is 0. The van der Waals surface area contributed by atoms with Crippen LogP contribution in [0.4, 0.5) is 17.6 Å². The molecule has 6 rings (SSSR count). The van der Waals surface area contributed by atoms with E-state index in [2.05, 4.69) is 0 Å². The molecule has 2 nitrogen and oxygen atoms in total. The van der Waals surface area contributed by atoms with Gasteiger partial charge >= 0.3 is 12.0 Å². The normalized spacial score (nSPS) is 12.3. The maximum Gasteiger partial charge on any atom is 0.315 e. The fourth-order valence-electron chi connectivity index (χ4n) is 3.94. The Morgan fingerprint density at radius 2 is 0.893 bits per heavy atom. The van der Waals surface area contributed by atoms with Gasteiger partial charge in [-0.25, -0.2) is 0 Å². The summed E-state index contributed by atoms with van der Waals surface area (Å²) in [6, 6.07) is 11.0. The highest BCUT2D eigenvalue weighted by Gasteiger charge is 2.17. The molecule has 6 heteroatoms. The van der Waals surface area contributed by atoms with Crippen molar-refractivity contribution < 1.29 is 26.4 Å². The van der Waals surface area contributed by atoms with Crippen LogP contribution < -0.4 is 0 Å². The molecule has 6 aromatic rings. The van der Waals surface area contributed by atoms with E-state index in [1.807, 2.05) is 12.1 Å². The van der Waals surface area contributed by atoms with Crippen LogP contribution in [0.25, 0.3) is 54.3 Å². The van der Waals surface area contributed by atoms with Crippen LogP contribution in [0, 0.1) is 23.7 Å². The third-order valence-electron chi connectivity index (χ3n) is 5.25. The summed E-state index contributed by atoms with van der Waals surface area (Å²) in [6.45, 7) is 0. The zero-order valence-electron chi connectivity index (χ0n) is 13.9. The smallest absolute Gasteiger partial charge is 0.315 e. The minimum Gasteiger partial charge on any atom is -0.429 e. The van der Waals surface area contributed by atoms with Crippen molar-refractivity contribution >= 4 is 54.3 Å². The molecule has 0 spiro atoms. The minimum atomic E-state index is -1.25. The Labute approximate surface area is 153 Å². The summed E-state index contributed by atoms with van der Waals surface area (Å²) >= 11 is 0. The van der Waals surface area contributed by atoms with E-state index < -0.39 is 23.7 Å². The first-order chi connectivity index (χ1) is 13.5. The molecule has 0 N–H and O–H groups in total. The minimum absolute atomic E-state index is 0.0519. The van der Waals surface area contributed by atoms with Gasteiger partial charge in [0.1, 0.15) is 11.2 Å². The molecule has 2 heterocycles. The van der Waals surface area contributed by atoms with Crippen molar-refractivity contribution in [2.45, 2.75) is 0 Å². The summed E-state index contributed by atoms with van der Waals surface area (Å²) < 4.78 is 64.6. The Morgan fingerprint density at radius 1 is 0.464 bits per heavy atom. The number of rotatable bonds is 0. The van der Waals surface area contributed by atoms with E-state index in [9.17, 15) is 17.6 Å². The second-order valence-electron chi connectivity index (χ2n) is 6.74. The fraction of sp³-hybridized carbons (Fsp3) is 0. The van der Waals surface area contributed by atoms with Crippen molar-refractivity contribution in [2.75, 3.05) is 0 Å². The third-order valence-corrected chi connectivity index (χ3v) is 5.25. The van der Waals surface area contributed by atoms with Gasteiger partial charge < -0.3 is 8.83 Å². The van der Waals surface area contributed by atoms with Crippen molar-refractivity contribution in [3.8, 4) is 0 Å². The summed E-state index contributed by atoms with van der Waals surface area (Å²) in [7, 11) is 0. The lowest BCUT2D eigenvalue weighted by Gasteiger charge is -2.08. The van der Waals surface area contributed by atoms with Gasteiger partial charge in [-0.05, 0) is 56.6 Å². The topological polar surface area (TPSA) is 26.3 Å². The van der Waals surface area contributed by atoms with Gasteiger partial charge in [0.2, 0.25) is 11.6 Å². The second-order valence-corrected chi connectivity index (χ2v) is 6.74. The van der Waals surface area contributed by atoms with E-state index in [0.717, 1.165) is 21.5 Å². The van der Waals surface area contributed by atoms with Crippen LogP contribution in [0.3, 0.4) is 0 Å². The van der Waals surface area contributed by atoms with Crippen LogP contribution in [0.2, 0.25) is 0 Å². The molecule has 0 saturated heterocycles. The Bertz CT molecular complexity index is 1490. The lowest BCUT2D eigenvalue weighted by molar-refractivity contribution is 0.342. The standard InChI is InChI=1S/C22H8F4O2/c23-19-15-7-13-9(5-17(15)27-21(19)25)1-3-11-12(13)4-2-10-6-18-16(8-14(10)11)20(24)22(26)28-18/h1-8H. The molecule has 0 bridgehead atoms. The Balaban J connectivity index is 1.79. The molecule has 0 aliphatic heterocycles. The third kappa shape index (κ3) is 1.87. The first-order valence-electron chi connectivity index (χ1n) is 8.45. The average Bonchev–Trinajstić information content (AvgIpc) is 3.13. The maximum atomic E-state index is 14.0. The monoisotopic (exact) mass is 380 g/mol. The van der Waals surface area contributed by atoms with Crippen LogP contribution in [0.5, 0.6) is 0 Å². The molecule has 0 atom stereocenters. The molecule has 136 valence electrons. The van der Waals surface area contributed by atoms with Crippen molar-refractivity contribution in [2.24, 2.45) is 0 Å². The van der Waals surface area contributed by atoms with Crippen LogP contribution >= 0.6 is 0 Å². The quantitative estimate of drug-likeness (QED) is 0.206. The summed E-state index contributed by atoms with van der Waals surface area (Å²) in [5.41, 5.74) is 0.251. The van der Waals surface area contributed by atoms with E-state index in [4.69, 9.17) is 8.83 Å². The molecule has 0 amide bonds. The van der Waals surface area contributed by atoms with Gasteiger partial charge in [0, 0.05) is 0 Å². The number of hydrogen-bond donors (Lipinski definition) is 0. The van der Waals surface area contributed by atoms with Gasteiger partial charge in [0.05, 0.1) is 10.8 Å². The average molecular weight is 380 g/mol. The second kappa shape index (κ2) is 5.04. The Hall–Kier alpha value is -3.54. The zero-order chi connectivity index (χ0) is 19.2. The van der Waals surface area contributed by atoms with Gasteiger partial charge in [-0.3, -0.25) is 0 Å². The van der Waals surface area contributed by atoms with Gasteiger partial charge in [0.15, 0.2) is 0 Å². The van der Waals surface area contributed by atoms with E-state index in [1.165, 1.54) is 12.1 Å². The predicted molar refractivity (Wildman–Crippen MR) is 98.3 cm³/mol. The van der Waals surface area contributed by atoms with Crippen molar-refractivity contribution in [3.63, 3.8) is 0 Å². The summed E-state index contributed by atoms with van der Waals surface area (Å²) in [4.78, 5) is 0. The predicted octanol–water partition coefficient (Wildman–Crippen LogP) is 7.20. The highest BCUT2D eigenvalue weighted by Crippen LogP contribution is 2.37. The van der Waals surface area contributed by atoms with Crippen LogP contribution in [-0.4, -0.2) is 0 Å². The highest BCUT2D eigenvalue weighted by molar-refractivity contribution is 6.20. The van der Waals surface area contributed by atoms with Crippen molar-refractivity contribution in [1.29, 1.82) is 0 Å². The van der Waals surface area contributed by atoms with Crippen molar-refractivity contribution in [3.05, 3.63) is 72.2 Å². The maximum absolute atomic E-state index is 14.0. The molecule has 0 radical (unpaired) electrons. The van der Waals surface area contributed by atoms with E-state index in [-0.39, 0.29) is 21.9 Å². The van der Waals surface area contributed by atoms with Crippen molar-refractivity contribution in [1.82, 2.24) is 0 Å². The van der Waals surface area contributed by atoms with Crippen LogP contribution in [0.1, 0.15) is 0 Å². The lowest BCUT2D eigenvalue weighted by Crippen LogP contribution is -1.83. The molecule has 0 aliphatic rings. The van der Waals surface area contributed by atoms with Gasteiger partial charge in [0.25, 0.3) is 0 Å². The number of halogens is 4. The summed E-state index contributed by atoms with van der Waals surface area (Å²) in [5, 5.41) is 4.54. The summed E-state index contributed by atoms with van der Waals surface area (Å²) in [5.74, 6) is -2.07. The molecular formula is C22H8F4O2. The number of furan rings is 2. The van der Waals surface area contributed by atoms with E-state index in [1.54, 1.807) is 24.3 Å². The number of fused-ring (bicyclic) bond motifs is 7. The molecule has 28 heavy (non-hydrogen) atoms. The van der Waals surface area contributed by atoms with E-state index >= 15 is 0 Å². The van der Waals surface area contributed by atoms with Gasteiger partial charge in [-0.2, -0.15) is 17.6 Å². The lowest BCUT2D eigenvalue weighted by atomic mass is 9.95. The molecule has 0 fully saturated rings. The molecule has 4 aromatic carbocycles. The molecule has 2 aromatic heterocycles. The number of hydrogen-bond acceptors (Lipinski definition) is 2. The first kappa shape index (κ1) is 15.5.